The molecule has 5 nitrogen and oxygen atoms in total. The van der Waals surface area contributed by atoms with E-state index in [0.29, 0.717) is 42.8 Å². The van der Waals surface area contributed by atoms with Crippen molar-refractivity contribution < 1.29 is 27.5 Å². The number of likely N-dealkylation sites (tertiary alicyclic amines) is 1. The Labute approximate surface area is 218 Å². The Kier molecular flexibility index (Phi) is 8.64. The van der Waals surface area contributed by atoms with Crippen LogP contribution in [0.25, 0.3) is 0 Å². The maximum Gasteiger partial charge on any atom is 0.270 e. The Morgan fingerprint density at radius 1 is 1.08 bits per heavy atom. The van der Waals surface area contributed by atoms with E-state index < -0.39 is 30.0 Å². The van der Waals surface area contributed by atoms with Crippen molar-refractivity contribution in [2.75, 3.05) is 19.6 Å². The molecule has 0 saturated carbocycles. The summed E-state index contributed by atoms with van der Waals surface area (Å²) < 4.78 is 52.8. The molecule has 0 radical (unpaired) electrons. The molecule has 4 rings (SSSR count). The number of phenolic OH excluding ortho intramolecular Hbond substituents is 1. The number of phenols is 1. The van der Waals surface area contributed by atoms with Gasteiger partial charge in [0.25, 0.3) is 12.3 Å². The van der Waals surface area contributed by atoms with Crippen molar-refractivity contribution in [2.45, 2.75) is 32.2 Å². The van der Waals surface area contributed by atoms with E-state index in [1.165, 1.54) is 36.4 Å². The minimum atomic E-state index is -2.35. The lowest BCUT2D eigenvalue weighted by Gasteiger charge is -2.29. The monoisotopic (exact) mass is 525 g/mol. The fraction of sp³-hybridized carbons (Fsp3) is 0.310. The first-order chi connectivity index (χ1) is 18.2. The molecule has 0 spiro atoms. The number of piperidine rings is 1. The number of halogens is 4. The number of aromatic hydroxyl groups is 1. The molecular weight excluding hydrogens is 498 g/mol. The Hall–Kier alpha value is -3.90. The molecule has 1 saturated heterocycles. The molecular formula is C29H27F4N3O2. The standard InChI is InChI=1S/C29H27F4N3O2/c1-18-14-20(3-2-19-10-12-36(13-11-19)17-27(32)33)15-25(34-18)29(38)35-28(21-4-6-22(30)7-5-21)24-16-23(31)8-9-26(24)37/h4-9,14-16,19,27-28,37H,10-13,17H2,1H3,(H,35,38). The smallest absolute Gasteiger partial charge is 0.270 e. The first-order valence-corrected chi connectivity index (χ1v) is 12.2. The van der Waals surface area contributed by atoms with Gasteiger partial charge in [0.1, 0.15) is 23.1 Å². The van der Waals surface area contributed by atoms with Crippen LogP contribution in [0, 0.1) is 36.3 Å². The predicted octanol–water partition coefficient (Wildman–Crippen LogP) is 5.22. The molecule has 0 aliphatic carbocycles. The molecule has 2 aromatic carbocycles. The van der Waals surface area contributed by atoms with Gasteiger partial charge < -0.3 is 10.4 Å². The van der Waals surface area contributed by atoms with Crippen molar-refractivity contribution in [1.29, 1.82) is 0 Å². The average molecular weight is 526 g/mol. The number of rotatable bonds is 6. The molecule has 9 heteroatoms. The molecule has 1 aliphatic rings. The molecule has 38 heavy (non-hydrogen) atoms. The highest BCUT2D eigenvalue weighted by molar-refractivity contribution is 5.93. The van der Waals surface area contributed by atoms with Crippen LogP contribution in [0.1, 0.15) is 51.8 Å². The fourth-order valence-corrected chi connectivity index (χ4v) is 4.45. The Bertz CT molecular complexity index is 1340. The average Bonchev–Trinajstić information content (AvgIpc) is 2.88. The van der Waals surface area contributed by atoms with Gasteiger partial charge in [0.2, 0.25) is 0 Å². The minimum absolute atomic E-state index is 0.0634. The van der Waals surface area contributed by atoms with Gasteiger partial charge in [-0.2, -0.15) is 0 Å². The summed E-state index contributed by atoms with van der Waals surface area (Å²) >= 11 is 0. The summed E-state index contributed by atoms with van der Waals surface area (Å²) in [6, 6.07) is 11.0. The van der Waals surface area contributed by atoms with Gasteiger partial charge >= 0.3 is 0 Å². The first-order valence-electron chi connectivity index (χ1n) is 12.2. The number of benzene rings is 2. The highest BCUT2D eigenvalue weighted by Crippen LogP contribution is 2.30. The van der Waals surface area contributed by atoms with Crippen molar-refractivity contribution in [3.05, 3.63) is 94.3 Å². The summed E-state index contributed by atoms with van der Waals surface area (Å²) in [5.74, 6) is 4.42. The van der Waals surface area contributed by atoms with E-state index in [1.807, 2.05) is 0 Å². The Morgan fingerprint density at radius 2 is 1.76 bits per heavy atom. The van der Waals surface area contributed by atoms with Crippen LogP contribution < -0.4 is 5.32 Å². The number of carbonyl (C=O) groups excluding carboxylic acids is 1. The number of carbonyl (C=O) groups is 1. The normalized spacial score (nSPS) is 15.1. The number of aromatic nitrogens is 1. The third-order valence-corrected chi connectivity index (χ3v) is 6.37. The van der Waals surface area contributed by atoms with Gasteiger partial charge in [0.15, 0.2) is 0 Å². The lowest BCUT2D eigenvalue weighted by Crippen LogP contribution is -2.36. The molecule has 1 aliphatic heterocycles. The summed E-state index contributed by atoms with van der Waals surface area (Å²) in [5, 5.41) is 13.1. The first kappa shape index (κ1) is 27.1. The number of aryl methyl sites for hydroxylation is 1. The summed E-state index contributed by atoms with van der Waals surface area (Å²) in [6.07, 6.45) is -0.976. The molecule has 1 aromatic heterocycles. The van der Waals surface area contributed by atoms with Crippen molar-refractivity contribution in [3.63, 3.8) is 0 Å². The number of nitrogens with one attached hydrogen (secondary N) is 1. The van der Waals surface area contributed by atoms with Crippen molar-refractivity contribution in [1.82, 2.24) is 15.2 Å². The topological polar surface area (TPSA) is 65.5 Å². The molecule has 1 atom stereocenters. The van der Waals surface area contributed by atoms with Crippen LogP contribution in [-0.2, 0) is 0 Å². The van der Waals surface area contributed by atoms with E-state index in [-0.39, 0.29) is 29.5 Å². The van der Waals surface area contributed by atoms with Crippen LogP contribution in [0.15, 0.2) is 54.6 Å². The van der Waals surface area contributed by atoms with E-state index in [2.05, 4.69) is 22.1 Å². The SMILES string of the molecule is Cc1cc(C#CC2CCN(CC(F)F)CC2)cc(C(=O)NC(c2ccc(F)cc2)c2cc(F)ccc2O)n1. The van der Waals surface area contributed by atoms with Gasteiger partial charge in [-0.25, -0.2) is 22.5 Å². The van der Waals surface area contributed by atoms with Crippen LogP contribution in [0.2, 0.25) is 0 Å². The van der Waals surface area contributed by atoms with Gasteiger partial charge in [0, 0.05) is 22.7 Å². The van der Waals surface area contributed by atoms with Gasteiger partial charge in [0.05, 0.1) is 12.6 Å². The van der Waals surface area contributed by atoms with E-state index in [4.69, 9.17) is 0 Å². The van der Waals surface area contributed by atoms with Crippen molar-refractivity contribution in [3.8, 4) is 17.6 Å². The van der Waals surface area contributed by atoms with Crippen molar-refractivity contribution in [2.24, 2.45) is 5.92 Å². The molecule has 2 N–H and O–H groups in total. The zero-order valence-corrected chi connectivity index (χ0v) is 20.7. The molecule has 198 valence electrons. The highest BCUT2D eigenvalue weighted by Gasteiger charge is 2.23. The Balaban J connectivity index is 1.54. The van der Waals surface area contributed by atoms with Crippen LogP contribution >= 0.6 is 0 Å². The maximum absolute atomic E-state index is 14.0. The third kappa shape index (κ3) is 7.11. The number of nitrogens with zero attached hydrogens (tertiary/aromatic N) is 2. The second-order valence-corrected chi connectivity index (χ2v) is 9.28. The van der Waals surface area contributed by atoms with E-state index in [0.717, 1.165) is 12.1 Å². The highest BCUT2D eigenvalue weighted by atomic mass is 19.3. The summed E-state index contributed by atoms with van der Waals surface area (Å²) in [7, 11) is 0. The molecule has 1 fully saturated rings. The zero-order valence-electron chi connectivity index (χ0n) is 20.7. The van der Waals surface area contributed by atoms with Gasteiger partial charge in [-0.1, -0.05) is 24.0 Å². The summed E-state index contributed by atoms with van der Waals surface area (Å²) in [6.45, 7) is 2.62. The Morgan fingerprint density at radius 3 is 2.45 bits per heavy atom. The van der Waals surface area contributed by atoms with E-state index in [1.54, 1.807) is 17.9 Å². The van der Waals surface area contributed by atoms with Gasteiger partial charge in [-0.15, -0.1) is 0 Å². The number of pyridine rings is 1. The van der Waals surface area contributed by atoms with E-state index in [9.17, 15) is 27.5 Å². The fourth-order valence-electron chi connectivity index (χ4n) is 4.45. The van der Waals surface area contributed by atoms with Crippen LogP contribution in [0.5, 0.6) is 5.75 Å². The maximum atomic E-state index is 14.0. The lowest BCUT2D eigenvalue weighted by molar-refractivity contribution is 0.0739. The quantitative estimate of drug-likeness (QED) is 0.342. The lowest BCUT2D eigenvalue weighted by atomic mass is 9.96. The van der Waals surface area contributed by atoms with Crippen LogP contribution in [0.3, 0.4) is 0 Å². The number of hydrogen-bond acceptors (Lipinski definition) is 4. The number of hydrogen-bond donors (Lipinski definition) is 2. The summed E-state index contributed by atoms with van der Waals surface area (Å²) in [4.78, 5) is 19.3. The van der Waals surface area contributed by atoms with Gasteiger partial charge in [-0.05, 0) is 80.9 Å². The zero-order chi connectivity index (χ0) is 27.2. The third-order valence-electron chi connectivity index (χ3n) is 6.37. The van der Waals surface area contributed by atoms with E-state index >= 15 is 0 Å². The number of alkyl halides is 2. The van der Waals surface area contributed by atoms with Crippen LogP contribution in [0.4, 0.5) is 17.6 Å². The van der Waals surface area contributed by atoms with Crippen LogP contribution in [-0.4, -0.2) is 47.0 Å². The second-order valence-electron chi connectivity index (χ2n) is 9.28. The molecule has 2 heterocycles. The molecule has 1 amide bonds. The van der Waals surface area contributed by atoms with Crippen molar-refractivity contribution >= 4 is 5.91 Å². The molecule has 0 bridgehead atoms. The minimum Gasteiger partial charge on any atom is -0.508 e. The molecule has 3 aromatic rings. The largest absolute Gasteiger partial charge is 0.508 e. The summed E-state index contributed by atoms with van der Waals surface area (Å²) in [5.41, 5.74) is 1.75. The van der Waals surface area contributed by atoms with Gasteiger partial charge in [-0.3, -0.25) is 9.69 Å². The second kappa shape index (κ2) is 12.1. The number of amides is 1. The molecule has 1 unspecified atom stereocenters. The predicted molar refractivity (Wildman–Crippen MR) is 135 cm³/mol.